The fourth-order valence-corrected chi connectivity index (χ4v) is 3.65. The first-order valence-electron chi connectivity index (χ1n) is 9.36. The number of rotatable bonds is 7. The Bertz CT molecular complexity index is 1080. The first-order chi connectivity index (χ1) is 14.7. The Morgan fingerprint density at radius 3 is 2.52 bits per heavy atom. The first-order valence-corrected chi connectivity index (χ1v) is 10.2. The number of thioether (sulfide) groups is 1. The summed E-state index contributed by atoms with van der Waals surface area (Å²) in [7, 11) is 0. The van der Waals surface area contributed by atoms with Gasteiger partial charge in [0.05, 0.1) is 4.91 Å². The summed E-state index contributed by atoms with van der Waals surface area (Å²) < 4.78 is 5.52. The number of primary amides is 1. The van der Waals surface area contributed by atoms with Gasteiger partial charge in [-0.1, -0.05) is 24.3 Å². The Labute approximate surface area is 183 Å². The number of hydrogen-bond donors (Lipinski definition) is 2. The molecule has 2 aromatic rings. The maximum atomic E-state index is 12.2. The lowest BCUT2D eigenvalue weighted by Crippen LogP contribution is -2.36. The second kappa shape index (κ2) is 9.48. The second-order valence-corrected chi connectivity index (χ2v) is 7.95. The zero-order valence-electron chi connectivity index (χ0n) is 17.0. The lowest BCUT2D eigenvalue weighted by Gasteiger charge is -2.10. The van der Waals surface area contributed by atoms with Gasteiger partial charge in [-0.3, -0.25) is 24.1 Å². The molecule has 9 heteroatoms. The van der Waals surface area contributed by atoms with Gasteiger partial charge in [0, 0.05) is 5.69 Å². The number of nitrogens with two attached hydrogens (primary N) is 1. The van der Waals surface area contributed by atoms with E-state index >= 15 is 0 Å². The summed E-state index contributed by atoms with van der Waals surface area (Å²) >= 11 is 0.747. The van der Waals surface area contributed by atoms with Gasteiger partial charge < -0.3 is 15.8 Å². The summed E-state index contributed by atoms with van der Waals surface area (Å²) in [5, 5.41) is 2.29. The van der Waals surface area contributed by atoms with Crippen LogP contribution >= 0.6 is 11.8 Å². The van der Waals surface area contributed by atoms with Crippen LogP contribution in [-0.2, 0) is 14.4 Å². The standard InChI is InChI=1S/C22H21N3O5S/c1-13-3-4-14(2)17(9-13)24-20(27)12-30-16-7-5-15(6-8-16)10-18-21(28)25(11-19(23)26)22(29)31-18/h3-10H,11-12H2,1-2H3,(H2,23,26)(H,24,27)/b18-10-. The quantitative estimate of drug-likeness (QED) is 0.641. The fraction of sp³-hybridized carbons (Fsp3) is 0.182. The number of benzene rings is 2. The topological polar surface area (TPSA) is 119 Å². The maximum absolute atomic E-state index is 12.2. The van der Waals surface area contributed by atoms with E-state index in [4.69, 9.17) is 10.5 Å². The van der Waals surface area contributed by atoms with Crippen molar-refractivity contribution < 1.29 is 23.9 Å². The summed E-state index contributed by atoms with van der Waals surface area (Å²) in [5.74, 6) is -1.11. The Morgan fingerprint density at radius 2 is 1.84 bits per heavy atom. The highest BCUT2D eigenvalue weighted by molar-refractivity contribution is 8.18. The molecule has 0 unspecified atom stereocenters. The summed E-state index contributed by atoms with van der Waals surface area (Å²) in [6, 6.07) is 12.5. The molecule has 0 saturated carbocycles. The summed E-state index contributed by atoms with van der Waals surface area (Å²) in [6.07, 6.45) is 1.54. The molecule has 2 aromatic carbocycles. The Morgan fingerprint density at radius 1 is 1.13 bits per heavy atom. The molecule has 3 rings (SSSR count). The van der Waals surface area contributed by atoms with Crippen LogP contribution in [0, 0.1) is 13.8 Å². The van der Waals surface area contributed by atoms with E-state index in [-0.39, 0.29) is 17.4 Å². The van der Waals surface area contributed by atoms with E-state index in [2.05, 4.69) is 5.32 Å². The zero-order valence-corrected chi connectivity index (χ0v) is 17.8. The molecule has 1 aliphatic heterocycles. The van der Waals surface area contributed by atoms with Crippen LogP contribution in [0.25, 0.3) is 6.08 Å². The molecule has 0 spiro atoms. The molecule has 0 aliphatic carbocycles. The number of amides is 4. The number of nitrogens with one attached hydrogen (secondary N) is 1. The van der Waals surface area contributed by atoms with Crippen LogP contribution in [-0.4, -0.2) is 41.0 Å². The van der Waals surface area contributed by atoms with Gasteiger partial charge in [0.2, 0.25) is 5.91 Å². The van der Waals surface area contributed by atoms with Crippen molar-refractivity contribution >= 4 is 46.5 Å². The average molecular weight is 439 g/mol. The molecule has 31 heavy (non-hydrogen) atoms. The van der Waals surface area contributed by atoms with Crippen molar-refractivity contribution in [2.45, 2.75) is 13.8 Å². The van der Waals surface area contributed by atoms with E-state index in [9.17, 15) is 19.2 Å². The van der Waals surface area contributed by atoms with Crippen LogP contribution in [0.3, 0.4) is 0 Å². The molecular weight excluding hydrogens is 418 g/mol. The molecule has 1 aliphatic rings. The van der Waals surface area contributed by atoms with Crippen molar-refractivity contribution in [3.05, 3.63) is 64.1 Å². The molecule has 1 fully saturated rings. The highest BCUT2D eigenvalue weighted by atomic mass is 32.2. The minimum absolute atomic E-state index is 0.154. The predicted octanol–water partition coefficient (Wildman–Crippen LogP) is 2.84. The molecular formula is C22H21N3O5S. The van der Waals surface area contributed by atoms with E-state index in [1.54, 1.807) is 30.3 Å². The number of carbonyl (C=O) groups excluding carboxylic acids is 4. The van der Waals surface area contributed by atoms with Crippen molar-refractivity contribution in [1.82, 2.24) is 4.90 Å². The van der Waals surface area contributed by atoms with Gasteiger partial charge in [0.15, 0.2) is 6.61 Å². The van der Waals surface area contributed by atoms with E-state index in [1.807, 2.05) is 32.0 Å². The van der Waals surface area contributed by atoms with Gasteiger partial charge in [-0.15, -0.1) is 0 Å². The number of imide groups is 1. The van der Waals surface area contributed by atoms with Crippen LogP contribution < -0.4 is 15.8 Å². The minimum Gasteiger partial charge on any atom is -0.484 e. The molecule has 0 aromatic heterocycles. The van der Waals surface area contributed by atoms with Crippen molar-refractivity contribution in [1.29, 1.82) is 0 Å². The second-order valence-electron chi connectivity index (χ2n) is 6.96. The van der Waals surface area contributed by atoms with Crippen LogP contribution in [0.2, 0.25) is 0 Å². The van der Waals surface area contributed by atoms with E-state index < -0.39 is 23.6 Å². The highest BCUT2D eigenvalue weighted by Gasteiger charge is 2.35. The third-order valence-corrected chi connectivity index (χ3v) is 5.31. The van der Waals surface area contributed by atoms with Gasteiger partial charge in [0.25, 0.3) is 17.1 Å². The smallest absolute Gasteiger partial charge is 0.294 e. The Kier molecular flexibility index (Phi) is 6.76. The third-order valence-electron chi connectivity index (χ3n) is 4.40. The van der Waals surface area contributed by atoms with Gasteiger partial charge in [0.1, 0.15) is 12.3 Å². The molecule has 1 saturated heterocycles. The van der Waals surface area contributed by atoms with Crippen LogP contribution in [0.5, 0.6) is 5.75 Å². The lowest BCUT2D eigenvalue weighted by atomic mass is 10.1. The molecule has 8 nitrogen and oxygen atoms in total. The number of hydrogen-bond acceptors (Lipinski definition) is 6. The predicted molar refractivity (Wildman–Crippen MR) is 118 cm³/mol. The monoisotopic (exact) mass is 439 g/mol. The third kappa shape index (κ3) is 5.73. The molecule has 1 heterocycles. The normalized spacial score (nSPS) is 14.8. The first kappa shape index (κ1) is 22.1. The number of ether oxygens (including phenoxy) is 1. The summed E-state index contributed by atoms with van der Waals surface area (Å²) in [5.41, 5.74) is 8.48. The Hall–Kier alpha value is -3.59. The summed E-state index contributed by atoms with van der Waals surface area (Å²) in [4.78, 5) is 48.3. The number of nitrogens with zero attached hydrogens (tertiary/aromatic N) is 1. The van der Waals surface area contributed by atoms with Crippen molar-refractivity contribution in [2.24, 2.45) is 5.73 Å². The average Bonchev–Trinajstić information content (AvgIpc) is 2.97. The molecule has 0 bridgehead atoms. The molecule has 160 valence electrons. The number of anilines is 1. The van der Waals surface area contributed by atoms with E-state index in [0.717, 1.165) is 33.5 Å². The SMILES string of the molecule is Cc1ccc(C)c(NC(=O)COc2ccc(/C=C3\SC(=O)N(CC(N)=O)C3=O)cc2)c1. The van der Waals surface area contributed by atoms with Crippen LogP contribution in [0.4, 0.5) is 10.5 Å². The lowest BCUT2D eigenvalue weighted by molar-refractivity contribution is -0.127. The van der Waals surface area contributed by atoms with E-state index in [1.165, 1.54) is 0 Å². The van der Waals surface area contributed by atoms with Gasteiger partial charge in [-0.25, -0.2) is 0 Å². The molecule has 0 atom stereocenters. The number of carbonyl (C=O) groups is 4. The summed E-state index contributed by atoms with van der Waals surface area (Å²) in [6.45, 7) is 3.26. The van der Waals surface area contributed by atoms with Crippen LogP contribution in [0.1, 0.15) is 16.7 Å². The largest absolute Gasteiger partial charge is 0.484 e. The minimum atomic E-state index is -0.758. The van der Waals surface area contributed by atoms with Crippen LogP contribution in [0.15, 0.2) is 47.4 Å². The van der Waals surface area contributed by atoms with Gasteiger partial charge in [-0.2, -0.15) is 0 Å². The molecule has 0 radical (unpaired) electrons. The zero-order chi connectivity index (χ0) is 22.5. The van der Waals surface area contributed by atoms with Crippen molar-refractivity contribution in [2.75, 3.05) is 18.5 Å². The van der Waals surface area contributed by atoms with Crippen molar-refractivity contribution in [3.8, 4) is 5.75 Å². The van der Waals surface area contributed by atoms with Gasteiger partial charge >= 0.3 is 0 Å². The highest BCUT2D eigenvalue weighted by Crippen LogP contribution is 2.32. The van der Waals surface area contributed by atoms with Gasteiger partial charge in [-0.05, 0) is 66.6 Å². The fourth-order valence-electron chi connectivity index (χ4n) is 2.81. The van der Waals surface area contributed by atoms with Crippen molar-refractivity contribution in [3.63, 3.8) is 0 Å². The molecule has 3 N–H and O–H groups in total. The van der Waals surface area contributed by atoms with E-state index in [0.29, 0.717) is 11.3 Å². The number of aryl methyl sites for hydroxylation is 2. The maximum Gasteiger partial charge on any atom is 0.294 e. The molecule has 4 amide bonds. The Balaban J connectivity index is 1.58.